The third kappa shape index (κ3) is 6.09. The van der Waals surface area contributed by atoms with Crippen molar-refractivity contribution in [2.75, 3.05) is 25.8 Å². The van der Waals surface area contributed by atoms with Crippen LogP contribution in [0.5, 0.6) is 11.5 Å². The molecule has 2 rings (SSSR count). The summed E-state index contributed by atoms with van der Waals surface area (Å²) in [7, 11) is 0. The summed E-state index contributed by atoms with van der Waals surface area (Å²) in [6.45, 7) is 3.49. The van der Waals surface area contributed by atoms with E-state index in [0.29, 0.717) is 11.5 Å². The number of ether oxygens (including phenoxy) is 2. The van der Waals surface area contributed by atoms with E-state index >= 15 is 0 Å². The van der Waals surface area contributed by atoms with E-state index in [4.69, 9.17) is 21.1 Å². The number of aliphatic hydroxyl groups is 2. The average molecular weight is 397 g/mol. The number of benzene rings is 2. The molecule has 0 unspecified atom stereocenters. The van der Waals surface area contributed by atoms with Gasteiger partial charge in [-0.25, -0.2) is 4.39 Å². The molecule has 0 aliphatic rings. The van der Waals surface area contributed by atoms with Gasteiger partial charge in [0.15, 0.2) is 0 Å². The Morgan fingerprint density at radius 1 is 0.852 bits per heavy atom. The second kappa shape index (κ2) is 9.93. The molecule has 0 heterocycles. The van der Waals surface area contributed by atoms with Gasteiger partial charge in [-0.3, -0.25) is 0 Å². The average Bonchev–Trinajstić information content (AvgIpc) is 2.70. The van der Waals surface area contributed by atoms with Crippen LogP contribution in [0.2, 0.25) is 0 Å². The van der Waals surface area contributed by atoms with Gasteiger partial charge in [0.1, 0.15) is 43.6 Å². The highest BCUT2D eigenvalue weighted by molar-refractivity contribution is 6.18. The van der Waals surface area contributed by atoms with Crippen molar-refractivity contribution in [1.82, 2.24) is 0 Å². The van der Waals surface area contributed by atoms with Gasteiger partial charge in [0, 0.05) is 5.41 Å². The fourth-order valence-corrected chi connectivity index (χ4v) is 2.67. The summed E-state index contributed by atoms with van der Waals surface area (Å²) in [6, 6.07) is 15.3. The van der Waals surface area contributed by atoms with Crippen molar-refractivity contribution in [1.29, 1.82) is 0 Å². The molecule has 2 atom stereocenters. The first-order valence-electron chi connectivity index (χ1n) is 8.81. The van der Waals surface area contributed by atoms with E-state index in [9.17, 15) is 14.6 Å². The number of aliphatic hydroxyl groups excluding tert-OH is 2. The Balaban J connectivity index is 2.04. The summed E-state index contributed by atoms with van der Waals surface area (Å²) in [5.74, 6) is 1.40. The zero-order valence-electron chi connectivity index (χ0n) is 15.6. The van der Waals surface area contributed by atoms with Crippen molar-refractivity contribution in [2.24, 2.45) is 0 Å². The highest BCUT2D eigenvalue weighted by atomic mass is 35.5. The van der Waals surface area contributed by atoms with Crippen LogP contribution in [0.15, 0.2) is 48.5 Å². The van der Waals surface area contributed by atoms with Crippen LogP contribution in [0.1, 0.15) is 25.0 Å². The van der Waals surface area contributed by atoms with Crippen molar-refractivity contribution in [2.45, 2.75) is 31.5 Å². The number of hydrogen-bond acceptors (Lipinski definition) is 4. The van der Waals surface area contributed by atoms with Crippen LogP contribution < -0.4 is 9.47 Å². The van der Waals surface area contributed by atoms with Crippen LogP contribution >= 0.6 is 11.6 Å². The number of hydrogen-bond donors (Lipinski definition) is 2. The molecular formula is C21H26ClFO4. The molecule has 0 aliphatic heterocycles. The lowest BCUT2D eigenvalue weighted by molar-refractivity contribution is 0.0842. The molecule has 2 aromatic rings. The van der Waals surface area contributed by atoms with Gasteiger partial charge < -0.3 is 19.7 Å². The Kier molecular flexibility index (Phi) is 7.90. The Hall–Kier alpha value is -1.82. The van der Waals surface area contributed by atoms with Gasteiger partial charge in [0.25, 0.3) is 0 Å². The normalized spacial score (nSPS) is 13.9. The quantitative estimate of drug-likeness (QED) is 0.601. The first-order valence-corrected chi connectivity index (χ1v) is 9.35. The zero-order valence-corrected chi connectivity index (χ0v) is 16.3. The number of alkyl halides is 2. The van der Waals surface area contributed by atoms with E-state index in [1.54, 1.807) is 0 Å². The van der Waals surface area contributed by atoms with Crippen molar-refractivity contribution in [3.05, 3.63) is 59.7 Å². The fraction of sp³-hybridized carbons (Fsp3) is 0.429. The predicted octanol–water partition coefficient (Wildman–Crippen LogP) is 3.70. The lowest BCUT2D eigenvalue weighted by Gasteiger charge is -2.26. The van der Waals surface area contributed by atoms with Gasteiger partial charge in [-0.15, -0.1) is 11.6 Å². The van der Waals surface area contributed by atoms with Gasteiger partial charge in [-0.2, -0.15) is 0 Å². The van der Waals surface area contributed by atoms with Gasteiger partial charge >= 0.3 is 0 Å². The minimum Gasteiger partial charge on any atom is -0.491 e. The Bertz CT molecular complexity index is 629. The highest BCUT2D eigenvalue weighted by Crippen LogP contribution is 2.33. The summed E-state index contributed by atoms with van der Waals surface area (Å²) < 4.78 is 23.1. The third-order valence-corrected chi connectivity index (χ3v) is 4.75. The SMILES string of the molecule is CC(C)(c1ccc(OC[C@H](O)CF)cc1)c1ccc(OC[C@@H](O)CCl)cc1. The van der Waals surface area contributed by atoms with Crippen molar-refractivity contribution < 1.29 is 24.1 Å². The third-order valence-electron chi connectivity index (χ3n) is 4.39. The second-order valence-corrected chi connectivity index (χ2v) is 7.22. The highest BCUT2D eigenvalue weighted by Gasteiger charge is 2.23. The van der Waals surface area contributed by atoms with Crippen LogP contribution in [0.25, 0.3) is 0 Å². The molecule has 0 aliphatic carbocycles. The maximum Gasteiger partial charge on any atom is 0.119 e. The molecule has 27 heavy (non-hydrogen) atoms. The monoisotopic (exact) mass is 396 g/mol. The lowest BCUT2D eigenvalue weighted by Crippen LogP contribution is -2.20. The first kappa shape index (κ1) is 21.5. The van der Waals surface area contributed by atoms with Gasteiger partial charge in [-0.05, 0) is 35.4 Å². The molecule has 0 radical (unpaired) electrons. The molecule has 4 nitrogen and oxygen atoms in total. The van der Waals surface area contributed by atoms with Crippen LogP contribution in [0.3, 0.4) is 0 Å². The summed E-state index contributed by atoms with van der Waals surface area (Å²) in [4.78, 5) is 0. The van der Waals surface area contributed by atoms with Gasteiger partial charge in [-0.1, -0.05) is 38.1 Å². The molecule has 2 aromatic carbocycles. The van der Waals surface area contributed by atoms with E-state index in [0.717, 1.165) is 11.1 Å². The minimum absolute atomic E-state index is 0.0703. The van der Waals surface area contributed by atoms with Crippen molar-refractivity contribution >= 4 is 11.6 Å². The van der Waals surface area contributed by atoms with Crippen LogP contribution in [0.4, 0.5) is 4.39 Å². The maximum absolute atomic E-state index is 12.3. The van der Waals surface area contributed by atoms with E-state index in [2.05, 4.69) is 13.8 Å². The molecule has 6 heteroatoms. The molecule has 148 valence electrons. The summed E-state index contributed by atoms with van der Waals surface area (Å²) in [5, 5.41) is 18.7. The fourth-order valence-electron chi connectivity index (χ4n) is 2.58. The zero-order chi connectivity index (χ0) is 19.9. The van der Waals surface area contributed by atoms with E-state index < -0.39 is 18.9 Å². The molecule has 0 spiro atoms. The number of rotatable bonds is 10. The Labute approximate surface area is 164 Å². The molecule has 0 aromatic heterocycles. The summed E-state index contributed by atoms with van der Waals surface area (Å²) in [6.07, 6.45) is -1.79. The lowest BCUT2D eigenvalue weighted by atomic mass is 9.78. The second-order valence-electron chi connectivity index (χ2n) is 6.91. The number of halogens is 2. The van der Waals surface area contributed by atoms with E-state index in [1.165, 1.54) is 0 Å². The van der Waals surface area contributed by atoms with Gasteiger partial charge in [0.2, 0.25) is 0 Å². The van der Waals surface area contributed by atoms with Crippen LogP contribution in [-0.2, 0) is 5.41 Å². The maximum atomic E-state index is 12.3. The molecule has 0 saturated heterocycles. The molecule has 0 saturated carbocycles. The Morgan fingerprint density at radius 2 is 1.26 bits per heavy atom. The molecule has 0 amide bonds. The predicted molar refractivity (Wildman–Crippen MR) is 105 cm³/mol. The smallest absolute Gasteiger partial charge is 0.119 e. The van der Waals surface area contributed by atoms with E-state index in [-0.39, 0.29) is 24.5 Å². The Morgan fingerprint density at radius 3 is 1.63 bits per heavy atom. The first-order chi connectivity index (χ1) is 12.9. The van der Waals surface area contributed by atoms with E-state index in [1.807, 2.05) is 48.5 Å². The molecule has 2 N–H and O–H groups in total. The largest absolute Gasteiger partial charge is 0.491 e. The summed E-state index contributed by atoms with van der Waals surface area (Å²) >= 11 is 5.56. The van der Waals surface area contributed by atoms with Crippen LogP contribution in [-0.4, -0.2) is 48.2 Å². The topological polar surface area (TPSA) is 58.9 Å². The van der Waals surface area contributed by atoms with Crippen molar-refractivity contribution in [3.63, 3.8) is 0 Å². The molecule has 0 bridgehead atoms. The standard InChI is InChI=1S/C21H26ClFO4/c1-21(2,15-3-7-19(8-4-15)26-13-17(24)11-22)16-5-9-20(10-6-16)27-14-18(25)12-23/h3-10,17-18,24-25H,11-14H2,1-2H3/t17-,18+/m0/s1. The molecule has 0 fully saturated rings. The molecular weight excluding hydrogens is 371 g/mol. The van der Waals surface area contributed by atoms with Crippen LogP contribution in [0, 0.1) is 0 Å². The van der Waals surface area contributed by atoms with Crippen molar-refractivity contribution in [3.8, 4) is 11.5 Å². The van der Waals surface area contributed by atoms with Gasteiger partial charge in [0.05, 0.1) is 5.88 Å². The summed E-state index contributed by atoms with van der Waals surface area (Å²) in [5.41, 5.74) is 1.95. The minimum atomic E-state index is -1.10.